The third-order valence-corrected chi connectivity index (χ3v) is 8.91. The van der Waals surface area contributed by atoms with E-state index in [4.69, 9.17) is 33.9 Å². The number of sulfonamides is 1. The number of rotatable bonds is 30. The predicted molar refractivity (Wildman–Crippen MR) is 197 cm³/mol. The average Bonchev–Trinajstić information content (AvgIpc) is 3.16. The van der Waals surface area contributed by atoms with Crippen molar-refractivity contribution in [3.05, 3.63) is 77.6 Å². The third-order valence-electron chi connectivity index (χ3n) is 7.57. The molecule has 0 bridgehead atoms. The number of carbonyl (C=O) groups excluding carboxylic acids is 2. The lowest BCUT2D eigenvalue weighted by Crippen LogP contribution is -2.28. The summed E-state index contributed by atoms with van der Waals surface area (Å²) in [7, 11) is -4.01. The molecule has 1 heterocycles. The molecule has 300 valence electrons. The quantitative estimate of drug-likeness (QED) is 0.0709. The van der Waals surface area contributed by atoms with Gasteiger partial charge in [0.25, 0.3) is 15.9 Å². The van der Waals surface area contributed by atoms with E-state index in [2.05, 4.69) is 20.0 Å². The van der Waals surface area contributed by atoms with Gasteiger partial charge >= 0.3 is 11.9 Å². The van der Waals surface area contributed by atoms with E-state index in [0.29, 0.717) is 25.2 Å². The molecule has 0 saturated carbocycles. The fourth-order valence-electron chi connectivity index (χ4n) is 4.71. The maximum absolute atomic E-state index is 12.9. The Morgan fingerprint density at radius 3 is 1.96 bits per heavy atom. The maximum atomic E-state index is 12.9. The Hall–Kier alpha value is -5.01. The zero-order chi connectivity index (χ0) is 39.7. The molecule has 2 aromatic carbocycles. The lowest BCUT2D eigenvalue weighted by Gasteiger charge is -2.10. The number of ketones is 1. The number of carboxylic acids is 2. The summed E-state index contributed by atoms with van der Waals surface area (Å²) in [5.41, 5.74) is 2.02. The first-order chi connectivity index (χ1) is 26.5. The fraction of sp³-hybridized carbons (Fsp3) is 0.459. The lowest BCUT2D eigenvalue weighted by molar-refractivity contribution is -0.143. The van der Waals surface area contributed by atoms with E-state index in [1.807, 2.05) is 24.3 Å². The van der Waals surface area contributed by atoms with E-state index in [1.165, 1.54) is 24.5 Å². The third kappa shape index (κ3) is 19.2. The summed E-state index contributed by atoms with van der Waals surface area (Å²) in [6, 6.07) is 13.8. The van der Waals surface area contributed by atoms with Gasteiger partial charge in [0.15, 0.2) is 5.78 Å². The number of aryl methyl sites for hydroxylation is 1. The Bertz CT molecular complexity index is 1720. The van der Waals surface area contributed by atoms with Gasteiger partial charge in [-0.05, 0) is 61.1 Å². The zero-order valence-electron chi connectivity index (χ0n) is 30.5. The van der Waals surface area contributed by atoms with Gasteiger partial charge in [-0.1, -0.05) is 30.7 Å². The molecule has 55 heavy (non-hydrogen) atoms. The van der Waals surface area contributed by atoms with Crippen LogP contribution in [0.2, 0.25) is 0 Å². The normalized spacial score (nSPS) is 11.2. The molecule has 0 aliphatic rings. The van der Waals surface area contributed by atoms with Gasteiger partial charge < -0.3 is 39.2 Å². The second kappa shape index (κ2) is 25.1. The summed E-state index contributed by atoms with van der Waals surface area (Å²) in [6.07, 6.45) is 6.67. The van der Waals surface area contributed by atoms with Crippen molar-refractivity contribution in [1.82, 2.24) is 15.3 Å². The first-order valence-electron chi connectivity index (χ1n) is 17.7. The molecule has 3 rings (SSSR count). The minimum Gasteiger partial charge on any atom is -0.489 e. The second-order valence-electron chi connectivity index (χ2n) is 12.1. The molecule has 0 fully saturated rings. The minimum absolute atomic E-state index is 0.00700. The molecule has 3 aromatic rings. The van der Waals surface area contributed by atoms with Crippen LogP contribution in [0.1, 0.15) is 60.0 Å². The summed E-state index contributed by atoms with van der Waals surface area (Å²) in [5.74, 6) is -1.92. The first-order valence-corrected chi connectivity index (χ1v) is 19.2. The molecule has 0 saturated heterocycles. The number of anilines is 1. The smallest absolute Gasteiger partial charge is 0.329 e. The van der Waals surface area contributed by atoms with Gasteiger partial charge in [0.2, 0.25) is 5.95 Å². The van der Waals surface area contributed by atoms with Crippen molar-refractivity contribution >= 4 is 39.6 Å². The highest BCUT2D eigenvalue weighted by Crippen LogP contribution is 2.18. The van der Waals surface area contributed by atoms with Crippen molar-refractivity contribution < 1.29 is 61.5 Å². The highest BCUT2D eigenvalue weighted by Gasteiger charge is 2.16. The van der Waals surface area contributed by atoms with Crippen LogP contribution in [0.25, 0.3) is 0 Å². The number of hydrogen-bond acceptors (Lipinski definition) is 13. The van der Waals surface area contributed by atoms with Crippen molar-refractivity contribution in [1.29, 1.82) is 0 Å². The van der Waals surface area contributed by atoms with Gasteiger partial charge in [-0.15, -0.1) is 0 Å². The Morgan fingerprint density at radius 2 is 1.29 bits per heavy atom. The van der Waals surface area contributed by atoms with Gasteiger partial charge in [0.1, 0.15) is 25.6 Å². The van der Waals surface area contributed by atoms with Crippen LogP contribution in [-0.4, -0.2) is 112 Å². The highest BCUT2D eigenvalue weighted by molar-refractivity contribution is 7.92. The molecule has 0 aliphatic carbocycles. The highest BCUT2D eigenvalue weighted by atomic mass is 32.2. The molecule has 18 heteroatoms. The van der Waals surface area contributed by atoms with Gasteiger partial charge in [0, 0.05) is 38.4 Å². The number of aromatic nitrogens is 2. The van der Waals surface area contributed by atoms with Gasteiger partial charge in [-0.2, -0.15) is 0 Å². The van der Waals surface area contributed by atoms with E-state index in [-0.39, 0.29) is 94.4 Å². The number of nitrogens with zero attached hydrogens (tertiary/aromatic N) is 2. The van der Waals surface area contributed by atoms with Crippen LogP contribution in [0.4, 0.5) is 5.95 Å². The predicted octanol–water partition coefficient (Wildman–Crippen LogP) is 3.27. The standard InChI is InChI=1S/C37H48N4O13S/c42-31(6-4-17-50-19-22-53-27-35(45)46)26-52-21-20-51-18-16-38-36(47)30-23-39-37(40-24-30)41-55(48,49)33-14-10-29(11-15-33)25-54-32-12-8-28(9-13-32)5-2-1-3-7-34(43)44/h8-15,23-24H,1-7,16-22,25-27H2,(H,38,47)(H,43,44)(H,45,46)(H,39,40,41). The van der Waals surface area contributed by atoms with E-state index in [1.54, 1.807) is 12.1 Å². The summed E-state index contributed by atoms with van der Waals surface area (Å²) < 4.78 is 54.7. The number of benzene rings is 2. The van der Waals surface area contributed by atoms with Crippen LogP contribution in [0.5, 0.6) is 5.75 Å². The molecule has 0 radical (unpaired) electrons. The topological polar surface area (TPSA) is 239 Å². The van der Waals surface area contributed by atoms with Crippen LogP contribution in [0.15, 0.2) is 65.8 Å². The van der Waals surface area contributed by atoms with Crippen LogP contribution in [-0.2, 0) is 56.4 Å². The van der Waals surface area contributed by atoms with Crippen molar-refractivity contribution in [3.63, 3.8) is 0 Å². The van der Waals surface area contributed by atoms with Crippen LogP contribution in [0.3, 0.4) is 0 Å². The Balaban J connectivity index is 1.26. The number of Topliss-reactive ketones (excluding diaryl/α,β-unsaturated/α-hetero) is 1. The molecule has 0 unspecified atom stereocenters. The monoisotopic (exact) mass is 788 g/mol. The lowest BCUT2D eigenvalue weighted by atomic mass is 10.1. The summed E-state index contributed by atoms with van der Waals surface area (Å²) in [6.45, 7) is 1.33. The second-order valence-corrected chi connectivity index (χ2v) is 13.7. The molecular weight excluding hydrogens is 740 g/mol. The summed E-state index contributed by atoms with van der Waals surface area (Å²) in [5, 5.41) is 19.8. The summed E-state index contributed by atoms with van der Waals surface area (Å²) in [4.78, 5) is 53.1. The number of ether oxygens (including phenoxy) is 5. The van der Waals surface area contributed by atoms with Crippen molar-refractivity contribution in [3.8, 4) is 5.75 Å². The summed E-state index contributed by atoms with van der Waals surface area (Å²) >= 11 is 0. The number of carboxylic acid groups (broad SMARTS) is 2. The largest absolute Gasteiger partial charge is 0.489 e. The molecule has 0 spiro atoms. The van der Waals surface area contributed by atoms with Crippen molar-refractivity contribution in [2.24, 2.45) is 0 Å². The number of carbonyl (C=O) groups is 4. The molecule has 1 amide bonds. The molecular formula is C37H48N4O13S. The van der Waals surface area contributed by atoms with Crippen LogP contribution in [0, 0.1) is 0 Å². The number of hydrogen-bond donors (Lipinski definition) is 4. The van der Waals surface area contributed by atoms with Gasteiger partial charge in [0.05, 0.1) is 43.5 Å². The van der Waals surface area contributed by atoms with Crippen molar-refractivity contribution in [2.45, 2.75) is 56.4 Å². The van der Waals surface area contributed by atoms with Crippen LogP contribution >= 0.6 is 0 Å². The number of aliphatic carboxylic acids is 2. The number of amides is 1. The molecule has 17 nitrogen and oxygen atoms in total. The van der Waals surface area contributed by atoms with Crippen LogP contribution < -0.4 is 14.8 Å². The Morgan fingerprint density at radius 1 is 0.655 bits per heavy atom. The Kier molecular flexibility index (Phi) is 20.3. The van der Waals surface area contributed by atoms with E-state index >= 15 is 0 Å². The molecule has 0 aliphatic heterocycles. The number of unbranched alkanes of at least 4 members (excludes halogenated alkanes) is 2. The van der Waals surface area contributed by atoms with E-state index in [9.17, 15) is 27.6 Å². The van der Waals surface area contributed by atoms with Gasteiger partial charge in [-0.3, -0.25) is 14.4 Å². The maximum Gasteiger partial charge on any atom is 0.329 e. The first kappa shape index (κ1) is 44.4. The minimum atomic E-state index is -4.01. The fourth-order valence-corrected chi connectivity index (χ4v) is 5.67. The average molecular weight is 789 g/mol. The molecule has 4 N–H and O–H groups in total. The SMILES string of the molecule is O=C(O)CCCCCc1ccc(OCc2ccc(S(=O)(=O)Nc3ncc(C(=O)NCCOCCOCC(=O)CCCOCCOCC(=O)O)cn3)cc2)cc1. The number of nitrogens with one attached hydrogen (secondary N) is 2. The van der Waals surface area contributed by atoms with E-state index in [0.717, 1.165) is 30.4 Å². The Labute approximate surface area is 319 Å². The van der Waals surface area contributed by atoms with Gasteiger partial charge in [-0.25, -0.2) is 27.9 Å². The molecule has 1 aromatic heterocycles. The molecule has 0 atom stereocenters. The van der Waals surface area contributed by atoms with E-state index < -0.39 is 27.9 Å². The zero-order valence-corrected chi connectivity index (χ0v) is 31.3. The van der Waals surface area contributed by atoms with Crippen molar-refractivity contribution in [2.75, 3.05) is 64.1 Å².